The second kappa shape index (κ2) is 6.75. The molecule has 4 heteroatoms. The Kier molecular flexibility index (Phi) is 5.60. The van der Waals surface area contributed by atoms with Crippen LogP contribution in [0.1, 0.15) is 50.3 Å². The number of rotatable bonds is 6. The van der Waals surface area contributed by atoms with Crippen molar-refractivity contribution < 1.29 is 9.21 Å². The molecule has 2 unspecified atom stereocenters. The average Bonchev–Trinajstić information content (AvgIpc) is 2.66. The van der Waals surface area contributed by atoms with Crippen LogP contribution in [0, 0.1) is 19.8 Å². The minimum atomic E-state index is -0.172. The Balaban J connectivity index is 2.78. The van der Waals surface area contributed by atoms with E-state index >= 15 is 0 Å². The molecule has 19 heavy (non-hydrogen) atoms. The summed E-state index contributed by atoms with van der Waals surface area (Å²) >= 11 is 0. The second-order valence-electron chi connectivity index (χ2n) is 5.55. The molecule has 1 heterocycles. The first kappa shape index (κ1) is 15.8. The average molecular weight is 266 g/mol. The third-order valence-corrected chi connectivity index (χ3v) is 3.27. The van der Waals surface area contributed by atoms with Gasteiger partial charge < -0.3 is 9.73 Å². The molecule has 2 atom stereocenters. The summed E-state index contributed by atoms with van der Waals surface area (Å²) in [4.78, 5) is 11.9. The van der Waals surface area contributed by atoms with Crippen LogP contribution in [-0.4, -0.2) is 19.0 Å². The normalized spacial score (nSPS) is 14.5. The maximum absolute atomic E-state index is 11.9. The first-order chi connectivity index (χ1) is 8.85. The third-order valence-electron chi connectivity index (χ3n) is 3.27. The first-order valence-electron chi connectivity index (χ1n) is 6.89. The summed E-state index contributed by atoms with van der Waals surface area (Å²) in [6.45, 7) is 10.2. The number of carbonyl (C=O) groups is 1. The molecule has 0 radical (unpaired) electrons. The standard InChI is InChI=1S/C15H26N2O2/c1-9(2)7-14(15(18)16-6)17-11(4)13-8-10(3)19-12(13)5/h8-9,11,14,17H,7H2,1-6H3,(H,16,18). The molecule has 1 rings (SSSR count). The summed E-state index contributed by atoms with van der Waals surface area (Å²) in [6, 6.07) is 1.96. The Morgan fingerprint density at radius 1 is 1.32 bits per heavy atom. The van der Waals surface area contributed by atoms with Gasteiger partial charge in [0.15, 0.2) is 0 Å². The highest BCUT2D eigenvalue weighted by molar-refractivity contribution is 5.81. The fourth-order valence-corrected chi connectivity index (χ4v) is 2.37. The molecule has 4 nitrogen and oxygen atoms in total. The molecule has 0 aliphatic rings. The number of furan rings is 1. The number of nitrogens with one attached hydrogen (secondary N) is 2. The summed E-state index contributed by atoms with van der Waals surface area (Å²) in [6.07, 6.45) is 0.819. The SMILES string of the molecule is CNC(=O)C(CC(C)C)NC(C)c1cc(C)oc1C. The van der Waals surface area contributed by atoms with Crippen LogP contribution in [0.5, 0.6) is 0 Å². The third kappa shape index (κ3) is 4.39. The molecule has 0 spiro atoms. The van der Waals surface area contributed by atoms with Crippen LogP contribution >= 0.6 is 0 Å². The van der Waals surface area contributed by atoms with Gasteiger partial charge in [-0.1, -0.05) is 13.8 Å². The molecule has 0 aliphatic carbocycles. The minimum absolute atomic E-state index is 0.0402. The second-order valence-corrected chi connectivity index (χ2v) is 5.55. The van der Waals surface area contributed by atoms with Crippen molar-refractivity contribution in [1.82, 2.24) is 10.6 Å². The van der Waals surface area contributed by atoms with Gasteiger partial charge in [0.2, 0.25) is 5.91 Å². The van der Waals surface area contributed by atoms with E-state index in [-0.39, 0.29) is 18.0 Å². The number of carbonyl (C=O) groups excluding carboxylic acids is 1. The van der Waals surface area contributed by atoms with Crippen molar-refractivity contribution in [2.45, 2.75) is 53.1 Å². The quantitative estimate of drug-likeness (QED) is 0.832. The highest BCUT2D eigenvalue weighted by Crippen LogP contribution is 2.22. The van der Waals surface area contributed by atoms with Crippen LogP contribution in [0.3, 0.4) is 0 Å². The van der Waals surface area contributed by atoms with E-state index in [0.717, 1.165) is 23.5 Å². The van der Waals surface area contributed by atoms with Gasteiger partial charge in [-0.25, -0.2) is 0 Å². The smallest absolute Gasteiger partial charge is 0.236 e. The number of hydrogen-bond donors (Lipinski definition) is 2. The molecule has 0 saturated heterocycles. The van der Waals surface area contributed by atoms with E-state index in [1.807, 2.05) is 19.9 Å². The van der Waals surface area contributed by atoms with Crippen molar-refractivity contribution in [3.63, 3.8) is 0 Å². The molecule has 0 aliphatic heterocycles. The fourth-order valence-electron chi connectivity index (χ4n) is 2.37. The van der Waals surface area contributed by atoms with E-state index in [9.17, 15) is 4.79 Å². The molecular weight excluding hydrogens is 240 g/mol. The topological polar surface area (TPSA) is 54.3 Å². The highest BCUT2D eigenvalue weighted by Gasteiger charge is 2.22. The predicted molar refractivity (Wildman–Crippen MR) is 77.0 cm³/mol. The first-order valence-corrected chi connectivity index (χ1v) is 6.89. The van der Waals surface area contributed by atoms with Gasteiger partial charge in [0.25, 0.3) is 0 Å². The van der Waals surface area contributed by atoms with Crippen LogP contribution in [0.15, 0.2) is 10.5 Å². The molecule has 1 aromatic heterocycles. The molecule has 0 bridgehead atoms. The molecular formula is C15H26N2O2. The van der Waals surface area contributed by atoms with Crippen LogP contribution < -0.4 is 10.6 Å². The molecule has 0 saturated carbocycles. The van der Waals surface area contributed by atoms with E-state index < -0.39 is 0 Å². The Morgan fingerprint density at radius 2 is 1.95 bits per heavy atom. The summed E-state index contributed by atoms with van der Waals surface area (Å²) in [5, 5.41) is 6.12. The van der Waals surface area contributed by atoms with Crippen LogP contribution in [-0.2, 0) is 4.79 Å². The van der Waals surface area contributed by atoms with E-state index in [2.05, 4.69) is 31.4 Å². The van der Waals surface area contributed by atoms with Crippen molar-refractivity contribution in [3.8, 4) is 0 Å². The lowest BCUT2D eigenvalue weighted by molar-refractivity contribution is -0.123. The predicted octanol–water partition coefficient (Wildman–Crippen LogP) is 2.71. The van der Waals surface area contributed by atoms with Gasteiger partial charge in [-0.05, 0) is 39.2 Å². The maximum atomic E-state index is 11.9. The van der Waals surface area contributed by atoms with Gasteiger partial charge in [0, 0.05) is 18.7 Å². The number of likely N-dealkylation sites (N-methyl/N-ethyl adjacent to an activating group) is 1. The van der Waals surface area contributed by atoms with E-state index in [0.29, 0.717) is 5.92 Å². The lowest BCUT2D eigenvalue weighted by Gasteiger charge is -2.23. The van der Waals surface area contributed by atoms with Gasteiger partial charge in [-0.15, -0.1) is 0 Å². The maximum Gasteiger partial charge on any atom is 0.236 e. The largest absolute Gasteiger partial charge is 0.466 e. The zero-order valence-electron chi connectivity index (χ0n) is 12.8. The van der Waals surface area contributed by atoms with Gasteiger partial charge in [-0.2, -0.15) is 0 Å². The van der Waals surface area contributed by atoms with Crippen LogP contribution in [0.2, 0.25) is 0 Å². The van der Waals surface area contributed by atoms with E-state index in [1.54, 1.807) is 7.05 Å². The van der Waals surface area contributed by atoms with Crippen molar-refractivity contribution in [2.75, 3.05) is 7.05 Å². The van der Waals surface area contributed by atoms with E-state index in [4.69, 9.17) is 4.42 Å². The molecule has 0 aromatic carbocycles. The molecule has 1 aromatic rings. The molecule has 108 valence electrons. The van der Waals surface area contributed by atoms with Crippen LogP contribution in [0.25, 0.3) is 0 Å². The van der Waals surface area contributed by atoms with Gasteiger partial charge >= 0.3 is 0 Å². The Hall–Kier alpha value is -1.29. The molecule has 1 amide bonds. The molecule has 0 fully saturated rings. The summed E-state index contributed by atoms with van der Waals surface area (Å²) in [5.41, 5.74) is 1.12. The van der Waals surface area contributed by atoms with Gasteiger partial charge in [0.1, 0.15) is 11.5 Å². The number of aryl methyl sites for hydroxylation is 2. The zero-order chi connectivity index (χ0) is 14.6. The lowest BCUT2D eigenvalue weighted by Crippen LogP contribution is -2.44. The summed E-state index contributed by atoms with van der Waals surface area (Å²) in [7, 11) is 1.68. The van der Waals surface area contributed by atoms with Gasteiger partial charge in [0.05, 0.1) is 6.04 Å². The van der Waals surface area contributed by atoms with E-state index in [1.165, 1.54) is 0 Å². The van der Waals surface area contributed by atoms with Gasteiger partial charge in [-0.3, -0.25) is 10.1 Å². The monoisotopic (exact) mass is 266 g/mol. The minimum Gasteiger partial charge on any atom is -0.466 e. The Morgan fingerprint density at radius 3 is 2.37 bits per heavy atom. The van der Waals surface area contributed by atoms with Crippen molar-refractivity contribution in [2.24, 2.45) is 5.92 Å². The Bertz CT molecular complexity index is 424. The van der Waals surface area contributed by atoms with Crippen LogP contribution in [0.4, 0.5) is 0 Å². The summed E-state index contributed by atoms with van der Waals surface area (Å²) < 4.78 is 5.54. The highest BCUT2D eigenvalue weighted by atomic mass is 16.3. The van der Waals surface area contributed by atoms with Crippen molar-refractivity contribution in [1.29, 1.82) is 0 Å². The zero-order valence-corrected chi connectivity index (χ0v) is 12.8. The lowest BCUT2D eigenvalue weighted by atomic mass is 10.0. The molecule has 2 N–H and O–H groups in total. The summed E-state index contributed by atoms with van der Waals surface area (Å²) in [5.74, 6) is 2.33. The fraction of sp³-hybridized carbons (Fsp3) is 0.667. The Labute approximate surface area is 116 Å². The van der Waals surface area contributed by atoms with Crippen molar-refractivity contribution in [3.05, 3.63) is 23.2 Å². The number of amides is 1. The van der Waals surface area contributed by atoms with Crippen molar-refractivity contribution >= 4 is 5.91 Å². The number of hydrogen-bond acceptors (Lipinski definition) is 3.